The average Bonchev–Trinajstić information content (AvgIpc) is 2.95. The quantitative estimate of drug-likeness (QED) is 0.594. The first-order valence-corrected chi connectivity index (χ1v) is 8.19. The lowest BCUT2D eigenvalue weighted by Crippen LogP contribution is -2.20. The van der Waals surface area contributed by atoms with Gasteiger partial charge in [-0.05, 0) is 24.3 Å². The second-order valence-electron chi connectivity index (χ2n) is 4.24. The number of hydrogen-bond acceptors (Lipinski definition) is 6. The van der Waals surface area contributed by atoms with Gasteiger partial charge < -0.3 is 10.1 Å². The first-order chi connectivity index (χ1) is 11.0. The van der Waals surface area contributed by atoms with Crippen LogP contribution >= 0.6 is 27.3 Å². The number of thiazole rings is 1. The Morgan fingerprint density at radius 3 is 2.57 bits per heavy atom. The molecule has 0 aliphatic heterocycles. The van der Waals surface area contributed by atoms with Crippen LogP contribution in [0.2, 0.25) is 0 Å². The van der Waals surface area contributed by atoms with Crippen LogP contribution in [-0.4, -0.2) is 22.8 Å². The molecule has 2 aromatic rings. The van der Waals surface area contributed by atoms with Crippen LogP contribution in [0.4, 0.5) is 15.6 Å². The smallest absolute Gasteiger partial charge is 0.381 e. The summed E-state index contributed by atoms with van der Waals surface area (Å²) in [6, 6.07) is 6.57. The van der Waals surface area contributed by atoms with Crippen LogP contribution in [0.5, 0.6) is 5.88 Å². The van der Waals surface area contributed by atoms with Crippen molar-refractivity contribution >= 4 is 55.9 Å². The van der Waals surface area contributed by atoms with E-state index < -0.39 is 17.8 Å². The number of amides is 2. The SMILES string of the molecule is CCC(=O)C(=O)Oc1csc(NC(=O)Nc2ccc(Br)cc2)n1. The number of ether oxygens (including phenoxy) is 1. The molecular formula is C14H12BrN3O4S. The summed E-state index contributed by atoms with van der Waals surface area (Å²) in [6.45, 7) is 1.56. The van der Waals surface area contributed by atoms with Crippen molar-refractivity contribution in [2.24, 2.45) is 0 Å². The fraction of sp³-hybridized carbons (Fsp3) is 0.143. The lowest BCUT2D eigenvalue weighted by Gasteiger charge is -2.05. The summed E-state index contributed by atoms with van der Waals surface area (Å²) in [5, 5.41) is 6.81. The minimum atomic E-state index is -0.969. The summed E-state index contributed by atoms with van der Waals surface area (Å²) in [7, 11) is 0. The third kappa shape index (κ3) is 5.15. The molecule has 23 heavy (non-hydrogen) atoms. The number of Topliss-reactive ketones (excluding diaryl/α,β-unsaturated/α-hetero) is 1. The average molecular weight is 398 g/mol. The number of urea groups is 1. The highest BCUT2D eigenvalue weighted by Gasteiger charge is 2.16. The standard InChI is InChI=1S/C14H12BrN3O4S/c1-2-10(19)12(20)22-11-7-23-14(17-11)18-13(21)16-9-5-3-8(15)4-6-9/h3-7H,2H2,1H3,(H2,16,17,18,21). The van der Waals surface area contributed by atoms with E-state index in [1.54, 1.807) is 31.2 Å². The number of rotatable bonds is 5. The first kappa shape index (κ1) is 17.1. The Morgan fingerprint density at radius 2 is 1.91 bits per heavy atom. The Bertz CT molecular complexity index is 730. The summed E-state index contributed by atoms with van der Waals surface area (Å²) < 4.78 is 5.69. The molecule has 1 aromatic heterocycles. The first-order valence-electron chi connectivity index (χ1n) is 6.52. The molecule has 1 aromatic carbocycles. The van der Waals surface area contributed by atoms with E-state index in [0.29, 0.717) is 5.69 Å². The van der Waals surface area contributed by atoms with Gasteiger partial charge in [-0.1, -0.05) is 22.9 Å². The largest absolute Gasteiger partial charge is 0.401 e. The van der Waals surface area contributed by atoms with Gasteiger partial charge in [0.2, 0.25) is 11.7 Å². The van der Waals surface area contributed by atoms with Crippen molar-refractivity contribution in [2.75, 3.05) is 10.6 Å². The van der Waals surface area contributed by atoms with Gasteiger partial charge >= 0.3 is 12.0 Å². The van der Waals surface area contributed by atoms with Crippen LogP contribution in [0, 0.1) is 0 Å². The highest BCUT2D eigenvalue weighted by Crippen LogP contribution is 2.21. The van der Waals surface area contributed by atoms with E-state index in [4.69, 9.17) is 4.74 Å². The monoisotopic (exact) mass is 397 g/mol. The number of aromatic nitrogens is 1. The molecule has 9 heteroatoms. The summed E-state index contributed by atoms with van der Waals surface area (Å²) in [4.78, 5) is 38.2. The normalized spacial score (nSPS) is 10.0. The maximum absolute atomic E-state index is 11.8. The zero-order chi connectivity index (χ0) is 16.8. The number of hydrogen-bond donors (Lipinski definition) is 2. The second kappa shape index (κ2) is 7.84. The molecule has 0 atom stereocenters. The predicted molar refractivity (Wildman–Crippen MR) is 89.8 cm³/mol. The highest BCUT2D eigenvalue weighted by molar-refractivity contribution is 9.10. The molecule has 0 saturated carbocycles. The Labute approximate surface area is 144 Å². The topological polar surface area (TPSA) is 97.4 Å². The van der Waals surface area contributed by atoms with Gasteiger partial charge in [0.1, 0.15) is 0 Å². The number of halogens is 1. The van der Waals surface area contributed by atoms with Crippen LogP contribution in [0.1, 0.15) is 13.3 Å². The Kier molecular flexibility index (Phi) is 5.83. The molecule has 0 unspecified atom stereocenters. The number of benzene rings is 1. The summed E-state index contributed by atoms with van der Waals surface area (Å²) in [6.07, 6.45) is 0.0592. The minimum absolute atomic E-state index is 0.0271. The lowest BCUT2D eigenvalue weighted by molar-refractivity contribution is -0.147. The van der Waals surface area contributed by atoms with Gasteiger partial charge in [0.05, 0.1) is 5.38 Å². The molecule has 0 spiro atoms. The molecule has 7 nitrogen and oxygen atoms in total. The predicted octanol–water partition coefficient (Wildman–Crippen LogP) is 3.43. The van der Waals surface area contributed by atoms with Crippen molar-refractivity contribution < 1.29 is 19.1 Å². The Balaban J connectivity index is 1.90. The number of ketones is 1. The van der Waals surface area contributed by atoms with Gasteiger partial charge in [0.15, 0.2) is 5.13 Å². The van der Waals surface area contributed by atoms with Crippen molar-refractivity contribution in [3.8, 4) is 5.88 Å². The number of carbonyl (C=O) groups excluding carboxylic acids is 3. The van der Waals surface area contributed by atoms with E-state index in [2.05, 4.69) is 31.5 Å². The Morgan fingerprint density at radius 1 is 1.22 bits per heavy atom. The molecule has 0 aliphatic carbocycles. The molecule has 0 bridgehead atoms. The number of nitrogens with zero attached hydrogens (tertiary/aromatic N) is 1. The van der Waals surface area contributed by atoms with Crippen LogP contribution < -0.4 is 15.4 Å². The third-order valence-corrected chi connectivity index (χ3v) is 3.82. The molecule has 2 N–H and O–H groups in total. The zero-order valence-electron chi connectivity index (χ0n) is 12.0. The lowest BCUT2D eigenvalue weighted by atomic mass is 10.3. The van der Waals surface area contributed by atoms with Gasteiger partial charge in [-0.15, -0.1) is 11.3 Å². The number of anilines is 2. The number of esters is 1. The van der Waals surface area contributed by atoms with E-state index >= 15 is 0 Å². The molecule has 0 saturated heterocycles. The van der Waals surface area contributed by atoms with E-state index in [1.807, 2.05) is 0 Å². The molecule has 2 amide bonds. The minimum Gasteiger partial charge on any atom is -0.401 e. The third-order valence-electron chi connectivity index (χ3n) is 2.55. The fourth-order valence-electron chi connectivity index (χ4n) is 1.45. The molecule has 1 heterocycles. The van der Waals surface area contributed by atoms with Crippen molar-refractivity contribution in [2.45, 2.75) is 13.3 Å². The second-order valence-corrected chi connectivity index (χ2v) is 6.02. The van der Waals surface area contributed by atoms with E-state index in [9.17, 15) is 14.4 Å². The van der Waals surface area contributed by atoms with Crippen LogP contribution in [0.25, 0.3) is 0 Å². The number of carbonyl (C=O) groups is 3. The van der Waals surface area contributed by atoms with E-state index in [-0.39, 0.29) is 17.4 Å². The van der Waals surface area contributed by atoms with Crippen LogP contribution in [-0.2, 0) is 9.59 Å². The molecule has 0 radical (unpaired) electrons. The Hall–Kier alpha value is -2.26. The van der Waals surface area contributed by atoms with Crippen LogP contribution in [0.15, 0.2) is 34.1 Å². The van der Waals surface area contributed by atoms with Gasteiger partial charge in [0.25, 0.3) is 0 Å². The van der Waals surface area contributed by atoms with Gasteiger partial charge in [-0.3, -0.25) is 10.1 Å². The van der Waals surface area contributed by atoms with Gasteiger partial charge in [-0.2, -0.15) is 4.98 Å². The summed E-state index contributed by atoms with van der Waals surface area (Å²) in [5.74, 6) is -1.63. The zero-order valence-corrected chi connectivity index (χ0v) is 14.4. The molecular weight excluding hydrogens is 386 g/mol. The summed E-state index contributed by atoms with van der Waals surface area (Å²) in [5.41, 5.74) is 0.613. The maximum atomic E-state index is 11.8. The maximum Gasteiger partial charge on any atom is 0.381 e. The van der Waals surface area contributed by atoms with E-state index in [1.165, 1.54) is 5.38 Å². The molecule has 120 valence electrons. The highest BCUT2D eigenvalue weighted by atomic mass is 79.9. The van der Waals surface area contributed by atoms with Crippen LogP contribution in [0.3, 0.4) is 0 Å². The van der Waals surface area contributed by atoms with Gasteiger partial charge in [-0.25, -0.2) is 9.59 Å². The van der Waals surface area contributed by atoms with Gasteiger partial charge in [0, 0.05) is 16.6 Å². The molecule has 2 rings (SSSR count). The van der Waals surface area contributed by atoms with Crippen molar-refractivity contribution in [3.63, 3.8) is 0 Å². The fourth-order valence-corrected chi connectivity index (χ4v) is 2.32. The summed E-state index contributed by atoms with van der Waals surface area (Å²) >= 11 is 4.37. The van der Waals surface area contributed by atoms with Crippen molar-refractivity contribution in [3.05, 3.63) is 34.1 Å². The molecule has 0 fully saturated rings. The molecule has 0 aliphatic rings. The number of nitrogens with one attached hydrogen (secondary N) is 2. The van der Waals surface area contributed by atoms with E-state index in [0.717, 1.165) is 15.8 Å². The van der Waals surface area contributed by atoms with Crippen molar-refractivity contribution in [1.82, 2.24) is 4.98 Å². The van der Waals surface area contributed by atoms with Crippen molar-refractivity contribution in [1.29, 1.82) is 0 Å².